The van der Waals surface area contributed by atoms with E-state index in [0.29, 0.717) is 17.4 Å². The van der Waals surface area contributed by atoms with Gasteiger partial charge in [0.2, 0.25) is 0 Å². The Bertz CT molecular complexity index is 928. The first-order valence-corrected chi connectivity index (χ1v) is 8.93. The van der Waals surface area contributed by atoms with Crippen molar-refractivity contribution in [3.63, 3.8) is 0 Å². The van der Waals surface area contributed by atoms with E-state index in [2.05, 4.69) is 11.4 Å². The van der Waals surface area contributed by atoms with E-state index in [9.17, 15) is 4.39 Å². The van der Waals surface area contributed by atoms with E-state index in [4.69, 9.17) is 21.3 Å². The zero-order valence-corrected chi connectivity index (χ0v) is 14.9. The van der Waals surface area contributed by atoms with Gasteiger partial charge in [0.05, 0.1) is 10.7 Å². The van der Waals surface area contributed by atoms with Crippen molar-refractivity contribution in [3.05, 3.63) is 82.3 Å². The number of benzene rings is 2. The lowest BCUT2D eigenvalue weighted by molar-refractivity contribution is 0.306. The molecule has 0 aliphatic carbocycles. The molecule has 0 bridgehead atoms. The second-order valence-corrected chi connectivity index (χ2v) is 6.70. The molecule has 2 aromatic carbocycles. The number of hydrogen-bond acceptors (Lipinski definition) is 3. The first kappa shape index (κ1) is 17.0. The molecule has 1 aromatic heterocycles. The zero-order valence-electron chi connectivity index (χ0n) is 14.1. The molecule has 1 aliphatic heterocycles. The van der Waals surface area contributed by atoms with Gasteiger partial charge >= 0.3 is 0 Å². The molecule has 0 fully saturated rings. The molecule has 0 saturated carbocycles. The van der Waals surface area contributed by atoms with Gasteiger partial charge < -0.3 is 10.1 Å². The number of nitrogens with one attached hydrogen (secondary N) is 1. The fourth-order valence-electron chi connectivity index (χ4n) is 3.02. The third-order valence-electron chi connectivity index (χ3n) is 4.46. The molecule has 1 N–H and O–H groups in total. The Hall–Kier alpha value is -2.43. The fourth-order valence-corrected chi connectivity index (χ4v) is 3.25. The maximum Gasteiger partial charge on any atom is 0.138 e. The number of pyridine rings is 1. The summed E-state index contributed by atoms with van der Waals surface area (Å²) in [6, 6.07) is 16.1. The SMILES string of the molecule is Fc1ccc(COc2ccc(-c3ccc4c(n3)CCNC4)cc2Cl)cc1. The summed E-state index contributed by atoms with van der Waals surface area (Å²) in [5, 5.41) is 3.88. The number of hydrogen-bond donors (Lipinski definition) is 1. The van der Waals surface area contributed by atoms with Crippen LogP contribution in [0.5, 0.6) is 5.75 Å². The molecule has 0 saturated heterocycles. The largest absolute Gasteiger partial charge is 0.487 e. The predicted molar refractivity (Wildman–Crippen MR) is 101 cm³/mol. The van der Waals surface area contributed by atoms with E-state index in [1.165, 1.54) is 17.7 Å². The molecule has 0 atom stereocenters. The number of halogens is 2. The maximum absolute atomic E-state index is 13.0. The predicted octanol–water partition coefficient (Wildman–Crippen LogP) is 4.77. The molecular formula is C21H18ClFN2O. The third-order valence-corrected chi connectivity index (χ3v) is 4.75. The number of aromatic nitrogens is 1. The van der Waals surface area contributed by atoms with Gasteiger partial charge in [-0.1, -0.05) is 29.8 Å². The standard InChI is InChI=1S/C21H18ClFN2O/c22-18-11-15(19-7-3-16-12-24-10-9-20(16)25-19)4-8-21(18)26-13-14-1-5-17(23)6-2-14/h1-8,11,24H,9-10,12-13H2. The van der Waals surface area contributed by atoms with Gasteiger partial charge in [-0.3, -0.25) is 4.98 Å². The van der Waals surface area contributed by atoms with E-state index >= 15 is 0 Å². The summed E-state index contributed by atoms with van der Waals surface area (Å²) >= 11 is 6.39. The van der Waals surface area contributed by atoms with Crippen LogP contribution in [0, 0.1) is 5.82 Å². The van der Waals surface area contributed by atoms with Crippen molar-refractivity contribution < 1.29 is 9.13 Å². The lowest BCUT2D eigenvalue weighted by Gasteiger charge is -2.17. The second kappa shape index (κ2) is 7.44. The molecule has 26 heavy (non-hydrogen) atoms. The molecule has 3 aromatic rings. The summed E-state index contributed by atoms with van der Waals surface area (Å²) in [5.74, 6) is 0.339. The quantitative estimate of drug-likeness (QED) is 0.720. The van der Waals surface area contributed by atoms with Crippen molar-refractivity contribution in [2.45, 2.75) is 19.6 Å². The molecule has 0 spiro atoms. The van der Waals surface area contributed by atoms with Gasteiger partial charge in [-0.2, -0.15) is 0 Å². The summed E-state index contributed by atoms with van der Waals surface area (Å²) in [5.41, 5.74) is 5.17. The Labute approximate surface area is 156 Å². The van der Waals surface area contributed by atoms with Crippen molar-refractivity contribution in [1.82, 2.24) is 10.3 Å². The summed E-state index contributed by atoms with van der Waals surface area (Å²) in [6.45, 7) is 2.17. The van der Waals surface area contributed by atoms with Gasteiger partial charge in [-0.25, -0.2) is 4.39 Å². The van der Waals surface area contributed by atoms with Crippen LogP contribution in [0.1, 0.15) is 16.8 Å². The van der Waals surface area contributed by atoms with Gasteiger partial charge in [0.15, 0.2) is 0 Å². The lowest BCUT2D eigenvalue weighted by atomic mass is 10.0. The minimum atomic E-state index is -0.260. The van der Waals surface area contributed by atoms with Crippen LogP contribution in [0.25, 0.3) is 11.3 Å². The average molecular weight is 369 g/mol. The minimum Gasteiger partial charge on any atom is -0.487 e. The lowest BCUT2D eigenvalue weighted by Crippen LogP contribution is -2.24. The van der Waals surface area contributed by atoms with Crippen LogP contribution in [-0.2, 0) is 19.6 Å². The van der Waals surface area contributed by atoms with Crippen molar-refractivity contribution in [2.24, 2.45) is 0 Å². The molecule has 4 rings (SSSR count). The van der Waals surface area contributed by atoms with E-state index in [1.54, 1.807) is 12.1 Å². The number of rotatable bonds is 4. The summed E-state index contributed by atoms with van der Waals surface area (Å²) in [4.78, 5) is 4.78. The van der Waals surface area contributed by atoms with Crippen LogP contribution in [0.2, 0.25) is 5.02 Å². The second-order valence-electron chi connectivity index (χ2n) is 6.29. The maximum atomic E-state index is 13.0. The topological polar surface area (TPSA) is 34.1 Å². The first-order chi connectivity index (χ1) is 12.7. The van der Waals surface area contributed by atoms with Gasteiger partial charge in [0, 0.05) is 30.8 Å². The van der Waals surface area contributed by atoms with Crippen LogP contribution in [0.4, 0.5) is 4.39 Å². The van der Waals surface area contributed by atoms with Crippen molar-refractivity contribution >= 4 is 11.6 Å². The molecule has 0 radical (unpaired) electrons. The van der Waals surface area contributed by atoms with Crippen LogP contribution < -0.4 is 10.1 Å². The van der Waals surface area contributed by atoms with Gasteiger partial charge in [0.1, 0.15) is 18.2 Å². The average Bonchev–Trinajstić information content (AvgIpc) is 2.68. The molecule has 132 valence electrons. The highest BCUT2D eigenvalue weighted by atomic mass is 35.5. The van der Waals surface area contributed by atoms with Crippen molar-refractivity contribution in [2.75, 3.05) is 6.54 Å². The van der Waals surface area contributed by atoms with E-state index in [1.807, 2.05) is 24.3 Å². The molecular weight excluding hydrogens is 351 g/mol. The summed E-state index contributed by atoms with van der Waals surface area (Å²) in [7, 11) is 0. The fraction of sp³-hybridized carbons (Fsp3) is 0.190. The monoisotopic (exact) mass is 368 g/mol. The van der Waals surface area contributed by atoms with Crippen LogP contribution in [0.3, 0.4) is 0 Å². The molecule has 0 amide bonds. The Morgan fingerprint density at radius 1 is 1.08 bits per heavy atom. The van der Waals surface area contributed by atoms with Gasteiger partial charge in [0.25, 0.3) is 0 Å². The highest BCUT2D eigenvalue weighted by molar-refractivity contribution is 6.32. The summed E-state index contributed by atoms with van der Waals surface area (Å²) < 4.78 is 18.7. The Morgan fingerprint density at radius 3 is 2.73 bits per heavy atom. The van der Waals surface area contributed by atoms with Crippen LogP contribution >= 0.6 is 11.6 Å². The van der Waals surface area contributed by atoms with Gasteiger partial charge in [-0.15, -0.1) is 0 Å². The number of nitrogens with zero attached hydrogens (tertiary/aromatic N) is 1. The molecule has 5 heteroatoms. The van der Waals surface area contributed by atoms with E-state index in [-0.39, 0.29) is 5.82 Å². The number of fused-ring (bicyclic) bond motifs is 1. The molecule has 2 heterocycles. The molecule has 3 nitrogen and oxygen atoms in total. The van der Waals surface area contributed by atoms with E-state index in [0.717, 1.165) is 42.0 Å². The third kappa shape index (κ3) is 3.71. The van der Waals surface area contributed by atoms with Crippen LogP contribution in [-0.4, -0.2) is 11.5 Å². The highest BCUT2D eigenvalue weighted by Crippen LogP contribution is 2.31. The number of ether oxygens (including phenoxy) is 1. The summed E-state index contributed by atoms with van der Waals surface area (Å²) in [6.07, 6.45) is 0.940. The Balaban J connectivity index is 1.51. The minimum absolute atomic E-state index is 0.260. The highest BCUT2D eigenvalue weighted by Gasteiger charge is 2.12. The smallest absolute Gasteiger partial charge is 0.138 e. The Kier molecular flexibility index (Phi) is 4.87. The molecule has 1 aliphatic rings. The first-order valence-electron chi connectivity index (χ1n) is 8.56. The Morgan fingerprint density at radius 2 is 1.92 bits per heavy atom. The van der Waals surface area contributed by atoms with Crippen molar-refractivity contribution in [3.8, 4) is 17.0 Å². The zero-order chi connectivity index (χ0) is 17.9. The van der Waals surface area contributed by atoms with Crippen molar-refractivity contribution in [1.29, 1.82) is 0 Å². The normalized spacial score (nSPS) is 13.3. The van der Waals surface area contributed by atoms with E-state index < -0.39 is 0 Å². The van der Waals surface area contributed by atoms with Crippen LogP contribution in [0.15, 0.2) is 54.6 Å². The molecule has 0 unspecified atom stereocenters. The van der Waals surface area contributed by atoms with Gasteiger partial charge in [-0.05, 0) is 47.5 Å².